The van der Waals surface area contributed by atoms with E-state index in [-0.39, 0.29) is 11.8 Å². The van der Waals surface area contributed by atoms with Crippen LogP contribution in [-0.2, 0) is 11.2 Å². The van der Waals surface area contributed by atoms with E-state index in [1.165, 1.54) is 29.8 Å². The second-order valence-corrected chi connectivity index (χ2v) is 4.81. The Morgan fingerprint density at radius 2 is 1.80 bits per heavy atom. The number of carbonyl (C=O) groups is 1. The highest BCUT2D eigenvalue weighted by Gasteiger charge is 2.31. The van der Waals surface area contributed by atoms with Gasteiger partial charge in [0.25, 0.3) is 0 Å². The maximum Gasteiger partial charge on any atom is 0.154 e. The van der Waals surface area contributed by atoms with Crippen molar-refractivity contribution >= 4 is 5.78 Å². The van der Waals surface area contributed by atoms with Gasteiger partial charge in [0.1, 0.15) is 6.04 Å². The second-order valence-electron chi connectivity index (χ2n) is 4.81. The van der Waals surface area contributed by atoms with Crippen LogP contribution in [0.2, 0.25) is 0 Å². The minimum Gasteiger partial charge on any atom is -0.298 e. The van der Waals surface area contributed by atoms with Crippen LogP contribution in [-0.4, -0.2) is 15.6 Å². The molecule has 1 aliphatic carbocycles. The highest BCUT2D eigenvalue weighted by atomic mass is 16.1. The van der Waals surface area contributed by atoms with Gasteiger partial charge in [-0.3, -0.25) is 9.48 Å². The Bertz CT molecular complexity index is 417. The number of hydrogen-bond donors (Lipinski definition) is 0. The van der Waals surface area contributed by atoms with E-state index >= 15 is 0 Å². The number of aromatic nitrogens is 2. The van der Waals surface area contributed by atoms with Gasteiger partial charge in [-0.2, -0.15) is 5.10 Å². The van der Waals surface area contributed by atoms with Crippen molar-refractivity contribution in [3.63, 3.8) is 0 Å². The lowest BCUT2D eigenvalue weighted by atomic mass is 10.1. The van der Waals surface area contributed by atoms with E-state index in [4.69, 9.17) is 0 Å². The largest absolute Gasteiger partial charge is 0.298 e. The summed E-state index contributed by atoms with van der Waals surface area (Å²) in [5.74, 6) is 0.838. The van der Waals surface area contributed by atoms with Crippen LogP contribution >= 0.6 is 0 Å². The first-order chi connectivity index (χ1) is 9.56. The molecule has 0 amide bonds. The molecule has 1 fully saturated rings. The minimum absolute atomic E-state index is 0.127. The van der Waals surface area contributed by atoms with E-state index in [9.17, 15) is 4.79 Å². The number of ketones is 1. The number of nitrogens with zero attached hydrogens (tertiary/aromatic N) is 2. The summed E-state index contributed by atoms with van der Waals surface area (Å²) in [7, 11) is 0. The van der Waals surface area contributed by atoms with Gasteiger partial charge in [-0.1, -0.05) is 34.6 Å². The van der Waals surface area contributed by atoms with Gasteiger partial charge >= 0.3 is 0 Å². The van der Waals surface area contributed by atoms with Crippen molar-refractivity contribution in [3.8, 4) is 0 Å². The van der Waals surface area contributed by atoms with Crippen LogP contribution in [0.3, 0.4) is 0 Å². The molecule has 2 rings (SSSR count). The second kappa shape index (κ2) is 8.93. The number of carbonyl (C=O) groups excluding carboxylic acids is 1. The average Bonchev–Trinajstić information content (AvgIpc) is 3.26. The van der Waals surface area contributed by atoms with Crippen LogP contribution in [0.1, 0.15) is 90.2 Å². The molecule has 3 nitrogen and oxygen atoms in total. The summed E-state index contributed by atoms with van der Waals surface area (Å²) in [5.41, 5.74) is 3.77. The standard InChI is InChI=1S/C13H20N2O.2C2H6/c1-5-12-9(3)15(8(2)10(4)16)14-13(12)11-6-7-11;2*1-2/h8,11H,5-7H2,1-4H3;2*1-2H3. The van der Waals surface area contributed by atoms with Crippen LogP contribution in [0.4, 0.5) is 0 Å². The summed E-state index contributed by atoms with van der Waals surface area (Å²) in [4.78, 5) is 11.4. The first-order valence-electron chi connectivity index (χ1n) is 8.14. The highest BCUT2D eigenvalue weighted by molar-refractivity contribution is 5.79. The Labute approximate surface area is 124 Å². The zero-order valence-electron chi connectivity index (χ0n) is 14.6. The van der Waals surface area contributed by atoms with Crippen LogP contribution in [0, 0.1) is 6.92 Å². The third-order valence-electron chi connectivity index (χ3n) is 3.58. The lowest BCUT2D eigenvalue weighted by molar-refractivity contribution is -0.119. The third kappa shape index (κ3) is 4.19. The Hall–Kier alpha value is -1.12. The predicted molar refractivity (Wildman–Crippen MR) is 86.4 cm³/mol. The fourth-order valence-corrected chi connectivity index (χ4v) is 2.25. The summed E-state index contributed by atoms with van der Waals surface area (Å²) in [6.07, 6.45) is 3.54. The zero-order valence-corrected chi connectivity index (χ0v) is 14.6. The molecule has 0 aliphatic heterocycles. The maximum atomic E-state index is 11.4. The van der Waals surface area contributed by atoms with E-state index in [1.54, 1.807) is 6.92 Å². The molecule has 1 saturated carbocycles. The smallest absolute Gasteiger partial charge is 0.154 e. The maximum absolute atomic E-state index is 11.4. The quantitative estimate of drug-likeness (QED) is 0.791. The van der Waals surface area contributed by atoms with E-state index in [0.717, 1.165) is 6.42 Å². The average molecular weight is 280 g/mol. The molecule has 1 aromatic rings. The van der Waals surface area contributed by atoms with E-state index in [2.05, 4.69) is 18.9 Å². The minimum atomic E-state index is -0.127. The van der Waals surface area contributed by atoms with Gasteiger partial charge in [-0.05, 0) is 45.6 Å². The van der Waals surface area contributed by atoms with Crippen molar-refractivity contribution in [2.75, 3.05) is 0 Å². The lowest BCUT2D eigenvalue weighted by Gasteiger charge is -2.10. The Balaban J connectivity index is 0.000000829. The molecular formula is C17H32N2O. The van der Waals surface area contributed by atoms with Crippen molar-refractivity contribution in [3.05, 3.63) is 17.0 Å². The van der Waals surface area contributed by atoms with Crippen LogP contribution < -0.4 is 0 Å². The molecule has 0 radical (unpaired) electrons. The first-order valence-corrected chi connectivity index (χ1v) is 8.14. The van der Waals surface area contributed by atoms with E-state index in [0.29, 0.717) is 5.92 Å². The third-order valence-corrected chi connectivity index (χ3v) is 3.58. The van der Waals surface area contributed by atoms with Gasteiger partial charge in [0, 0.05) is 11.6 Å². The SMILES string of the molecule is CC.CC.CCc1c(C2CC2)nn(C(C)C(C)=O)c1C. The molecule has 0 aromatic carbocycles. The predicted octanol–water partition coefficient (Wildman–Crippen LogP) is 4.83. The molecule has 1 aliphatic rings. The van der Waals surface area contributed by atoms with Gasteiger partial charge in [-0.15, -0.1) is 0 Å². The molecule has 0 N–H and O–H groups in total. The van der Waals surface area contributed by atoms with Gasteiger partial charge in [0.05, 0.1) is 5.69 Å². The van der Waals surface area contributed by atoms with Gasteiger partial charge in [0.15, 0.2) is 5.78 Å². The Morgan fingerprint density at radius 1 is 1.30 bits per heavy atom. The molecule has 0 bridgehead atoms. The molecule has 20 heavy (non-hydrogen) atoms. The summed E-state index contributed by atoms with van der Waals surface area (Å²) in [6, 6.07) is -0.127. The molecule has 1 atom stereocenters. The fourth-order valence-electron chi connectivity index (χ4n) is 2.25. The molecule has 1 aromatic heterocycles. The Morgan fingerprint density at radius 3 is 2.15 bits per heavy atom. The van der Waals surface area contributed by atoms with Crippen LogP contribution in [0.5, 0.6) is 0 Å². The highest BCUT2D eigenvalue weighted by Crippen LogP contribution is 2.42. The van der Waals surface area contributed by atoms with Crippen LogP contribution in [0.25, 0.3) is 0 Å². The molecule has 1 unspecified atom stereocenters. The monoisotopic (exact) mass is 280 g/mol. The number of hydrogen-bond acceptors (Lipinski definition) is 2. The first kappa shape index (κ1) is 18.9. The van der Waals surface area contributed by atoms with Gasteiger partial charge < -0.3 is 0 Å². The fraction of sp³-hybridized carbons (Fsp3) is 0.765. The lowest BCUT2D eigenvalue weighted by Crippen LogP contribution is -2.16. The van der Waals surface area contributed by atoms with E-state index < -0.39 is 0 Å². The molecule has 0 saturated heterocycles. The molecule has 1 heterocycles. The van der Waals surface area contributed by atoms with Crippen LogP contribution in [0.15, 0.2) is 0 Å². The molecule has 0 spiro atoms. The number of Topliss-reactive ketones (excluding diaryl/α,β-unsaturated/α-hetero) is 1. The topological polar surface area (TPSA) is 34.9 Å². The molecule has 116 valence electrons. The van der Waals surface area contributed by atoms with Crippen molar-refractivity contribution in [2.24, 2.45) is 0 Å². The molecular weight excluding hydrogens is 248 g/mol. The van der Waals surface area contributed by atoms with E-state index in [1.807, 2.05) is 39.3 Å². The summed E-state index contributed by atoms with van der Waals surface area (Å²) >= 11 is 0. The van der Waals surface area contributed by atoms with Crippen molar-refractivity contribution in [2.45, 2.75) is 86.6 Å². The zero-order chi connectivity index (χ0) is 15.9. The van der Waals surface area contributed by atoms with Crippen molar-refractivity contribution < 1.29 is 4.79 Å². The van der Waals surface area contributed by atoms with Gasteiger partial charge in [-0.25, -0.2) is 0 Å². The molecule has 3 heteroatoms. The normalized spacial score (nSPS) is 14.6. The summed E-state index contributed by atoms with van der Waals surface area (Å²) in [6.45, 7) is 15.8. The van der Waals surface area contributed by atoms with Crippen molar-refractivity contribution in [1.29, 1.82) is 0 Å². The van der Waals surface area contributed by atoms with Gasteiger partial charge in [0.2, 0.25) is 0 Å². The number of rotatable bonds is 4. The van der Waals surface area contributed by atoms with Crippen molar-refractivity contribution in [1.82, 2.24) is 9.78 Å². The summed E-state index contributed by atoms with van der Waals surface area (Å²) in [5, 5.41) is 4.66. The Kier molecular flexibility index (Phi) is 8.43. The summed E-state index contributed by atoms with van der Waals surface area (Å²) < 4.78 is 1.91.